The fourth-order valence-corrected chi connectivity index (χ4v) is 1.44. The van der Waals surface area contributed by atoms with Gasteiger partial charge >= 0.3 is 0 Å². The smallest absolute Gasteiger partial charge is 0.213 e. The lowest BCUT2D eigenvalue weighted by atomic mass is 10.3. The molecule has 0 saturated carbocycles. The number of hydrogen-bond donors (Lipinski definition) is 0. The van der Waals surface area contributed by atoms with Crippen LogP contribution in [0.2, 0.25) is 0 Å². The summed E-state index contributed by atoms with van der Waals surface area (Å²) in [5.74, 6) is -2.00. The van der Waals surface area contributed by atoms with E-state index in [9.17, 15) is 8.78 Å². The molecule has 1 heterocycles. The second kappa shape index (κ2) is 4.56. The summed E-state index contributed by atoms with van der Waals surface area (Å²) in [6.45, 7) is -0.0939. The van der Waals surface area contributed by atoms with E-state index in [-0.39, 0.29) is 18.2 Å². The van der Waals surface area contributed by atoms with E-state index in [1.54, 1.807) is 0 Å². The number of ether oxygens (including phenoxy) is 1. The van der Waals surface area contributed by atoms with Crippen LogP contribution in [0.5, 0.6) is 5.75 Å². The van der Waals surface area contributed by atoms with Crippen molar-refractivity contribution in [2.45, 2.75) is 6.61 Å². The molecule has 0 spiro atoms. The van der Waals surface area contributed by atoms with Crippen molar-refractivity contribution >= 4 is 15.9 Å². The molecule has 0 amide bonds. The molecule has 7 heteroatoms. The highest BCUT2D eigenvalue weighted by molar-refractivity contribution is 9.10. The second-order valence-electron chi connectivity index (χ2n) is 2.84. The van der Waals surface area contributed by atoms with Gasteiger partial charge in [-0.2, -0.15) is 9.37 Å². The zero-order valence-electron chi connectivity index (χ0n) is 7.78. The quantitative estimate of drug-likeness (QED) is 0.816. The Morgan fingerprint density at radius 2 is 2.19 bits per heavy atom. The van der Waals surface area contributed by atoms with E-state index in [1.165, 1.54) is 6.07 Å². The summed E-state index contributed by atoms with van der Waals surface area (Å²) in [6, 6.07) is 2.33. The van der Waals surface area contributed by atoms with Gasteiger partial charge in [-0.15, -0.1) is 0 Å². The highest BCUT2D eigenvalue weighted by atomic mass is 79.9. The van der Waals surface area contributed by atoms with Crippen molar-refractivity contribution < 1.29 is 18.0 Å². The van der Waals surface area contributed by atoms with Gasteiger partial charge in [-0.05, 0) is 12.1 Å². The summed E-state index contributed by atoms with van der Waals surface area (Å²) in [6.07, 6.45) is 1.12. The molecule has 1 aromatic heterocycles. The van der Waals surface area contributed by atoms with Crippen LogP contribution in [0.25, 0.3) is 0 Å². The SMILES string of the molecule is Fc1cc(Br)cc(OCc2ncon2)c1F. The van der Waals surface area contributed by atoms with Crippen molar-refractivity contribution in [3.63, 3.8) is 0 Å². The first-order valence-corrected chi connectivity index (χ1v) is 4.98. The minimum Gasteiger partial charge on any atom is -0.482 e. The van der Waals surface area contributed by atoms with Crippen molar-refractivity contribution in [1.29, 1.82) is 0 Å². The third-order valence-corrected chi connectivity index (χ3v) is 2.18. The Morgan fingerprint density at radius 3 is 2.88 bits per heavy atom. The molecular weight excluding hydrogens is 286 g/mol. The molecule has 84 valence electrons. The molecule has 0 radical (unpaired) electrons. The number of halogens is 3. The Morgan fingerprint density at radius 1 is 1.38 bits per heavy atom. The summed E-state index contributed by atoms with van der Waals surface area (Å²) in [5, 5.41) is 3.47. The number of rotatable bonds is 3. The monoisotopic (exact) mass is 290 g/mol. The van der Waals surface area contributed by atoms with E-state index in [0.29, 0.717) is 4.47 Å². The average Bonchev–Trinajstić information content (AvgIpc) is 2.74. The molecule has 0 aliphatic heterocycles. The predicted octanol–water partition coefficient (Wildman–Crippen LogP) is 2.69. The van der Waals surface area contributed by atoms with Gasteiger partial charge < -0.3 is 9.26 Å². The lowest BCUT2D eigenvalue weighted by molar-refractivity contribution is 0.269. The number of aromatic nitrogens is 2. The molecule has 0 fully saturated rings. The van der Waals surface area contributed by atoms with Crippen LogP contribution in [0.1, 0.15) is 5.82 Å². The van der Waals surface area contributed by atoms with E-state index < -0.39 is 11.6 Å². The molecule has 16 heavy (non-hydrogen) atoms. The summed E-state index contributed by atoms with van der Waals surface area (Å²) in [5.41, 5.74) is 0. The average molecular weight is 291 g/mol. The summed E-state index contributed by atoms with van der Waals surface area (Å²) in [4.78, 5) is 3.68. The topological polar surface area (TPSA) is 48.2 Å². The van der Waals surface area contributed by atoms with E-state index in [4.69, 9.17) is 4.74 Å². The van der Waals surface area contributed by atoms with Crippen LogP contribution in [0, 0.1) is 11.6 Å². The molecule has 0 atom stereocenters. The summed E-state index contributed by atoms with van der Waals surface area (Å²) < 4.78 is 36.1. The molecule has 0 unspecified atom stereocenters. The Balaban J connectivity index is 2.15. The minimum atomic E-state index is -1.05. The molecule has 2 rings (SSSR count). The van der Waals surface area contributed by atoms with Gasteiger partial charge in [0.25, 0.3) is 0 Å². The molecule has 0 aliphatic rings. The Kier molecular flexibility index (Phi) is 3.14. The molecule has 0 N–H and O–H groups in total. The van der Waals surface area contributed by atoms with E-state index in [1.807, 2.05) is 0 Å². The third-order valence-electron chi connectivity index (χ3n) is 1.72. The summed E-state index contributed by atoms with van der Waals surface area (Å²) in [7, 11) is 0. The maximum absolute atomic E-state index is 13.2. The van der Waals surface area contributed by atoms with Crippen LogP contribution in [-0.2, 0) is 6.61 Å². The van der Waals surface area contributed by atoms with Gasteiger partial charge in [-0.1, -0.05) is 21.1 Å². The zero-order valence-corrected chi connectivity index (χ0v) is 9.37. The Labute approximate surface area is 97.4 Å². The molecule has 1 aromatic carbocycles. The Bertz CT molecular complexity index is 491. The van der Waals surface area contributed by atoms with Crippen molar-refractivity contribution in [2.24, 2.45) is 0 Å². The molecular formula is C9H5BrF2N2O2. The number of nitrogens with zero attached hydrogens (tertiary/aromatic N) is 2. The van der Waals surface area contributed by atoms with Gasteiger partial charge in [0.15, 0.2) is 18.2 Å². The standard InChI is InChI=1S/C9H5BrF2N2O2/c10-5-1-6(11)9(12)7(2-5)15-3-8-13-4-16-14-8/h1-2,4H,3H2. The highest BCUT2D eigenvalue weighted by Gasteiger charge is 2.12. The highest BCUT2D eigenvalue weighted by Crippen LogP contribution is 2.25. The fraction of sp³-hybridized carbons (Fsp3) is 0.111. The van der Waals surface area contributed by atoms with E-state index >= 15 is 0 Å². The van der Waals surface area contributed by atoms with Gasteiger partial charge in [0.2, 0.25) is 18.0 Å². The maximum Gasteiger partial charge on any atom is 0.213 e. The third kappa shape index (κ3) is 2.35. The van der Waals surface area contributed by atoms with Crippen molar-refractivity contribution in [2.75, 3.05) is 0 Å². The van der Waals surface area contributed by atoms with Gasteiger partial charge in [0.1, 0.15) is 0 Å². The first-order chi connectivity index (χ1) is 7.66. The van der Waals surface area contributed by atoms with Crippen LogP contribution in [0.3, 0.4) is 0 Å². The lowest BCUT2D eigenvalue weighted by Crippen LogP contribution is -2.00. The van der Waals surface area contributed by atoms with E-state index in [0.717, 1.165) is 12.5 Å². The second-order valence-corrected chi connectivity index (χ2v) is 3.75. The number of hydrogen-bond acceptors (Lipinski definition) is 4. The normalized spacial score (nSPS) is 10.4. The molecule has 4 nitrogen and oxygen atoms in total. The van der Waals surface area contributed by atoms with Gasteiger partial charge in [-0.25, -0.2) is 4.39 Å². The number of benzene rings is 1. The lowest BCUT2D eigenvalue weighted by Gasteiger charge is -2.05. The fourth-order valence-electron chi connectivity index (χ4n) is 1.04. The van der Waals surface area contributed by atoms with Crippen LogP contribution >= 0.6 is 15.9 Å². The molecule has 0 saturated heterocycles. The molecule has 2 aromatic rings. The van der Waals surface area contributed by atoms with Crippen LogP contribution in [0.4, 0.5) is 8.78 Å². The van der Waals surface area contributed by atoms with E-state index in [2.05, 4.69) is 30.6 Å². The summed E-state index contributed by atoms with van der Waals surface area (Å²) >= 11 is 3.03. The largest absolute Gasteiger partial charge is 0.482 e. The van der Waals surface area contributed by atoms with Crippen molar-refractivity contribution in [3.8, 4) is 5.75 Å². The van der Waals surface area contributed by atoms with Crippen LogP contribution in [0.15, 0.2) is 27.5 Å². The first kappa shape index (κ1) is 11.0. The molecule has 0 aliphatic carbocycles. The predicted molar refractivity (Wildman–Crippen MR) is 52.7 cm³/mol. The zero-order chi connectivity index (χ0) is 11.5. The first-order valence-electron chi connectivity index (χ1n) is 4.19. The van der Waals surface area contributed by atoms with Crippen LogP contribution < -0.4 is 4.74 Å². The van der Waals surface area contributed by atoms with Gasteiger partial charge in [-0.3, -0.25) is 0 Å². The molecule has 0 bridgehead atoms. The van der Waals surface area contributed by atoms with Crippen molar-refractivity contribution in [1.82, 2.24) is 10.1 Å². The minimum absolute atomic E-state index is 0.0939. The van der Waals surface area contributed by atoms with Crippen molar-refractivity contribution in [3.05, 3.63) is 40.5 Å². The van der Waals surface area contributed by atoms with Crippen LogP contribution in [-0.4, -0.2) is 10.1 Å². The maximum atomic E-state index is 13.2. The van der Waals surface area contributed by atoms with Gasteiger partial charge in [0, 0.05) is 4.47 Å². The van der Waals surface area contributed by atoms with Gasteiger partial charge in [0.05, 0.1) is 0 Å². The Hall–Kier alpha value is -1.50.